The highest BCUT2D eigenvalue weighted by molar-refractivity contribution is 9.10. The predicted octanol–water partition coefficient (Wildman–Crippen LogP) is 9.49. The van der Waals surface area contributed by atoms with E-state index in [2.05, 4.69) is 96.7 Å². The number of alkyl carbamates (subject to hydrolysis) is 2. The first-order valence-electron chi connectivity index (χ1n) is 33.7. The number of nitrogens with two attached hydrogens (primary N) is 1. The van der Waals surface area contributed by atoms with Gasteiger partial charge in [0.2, 0.25) is 28.8 Å². The Hall–Kier alpha value is -12.9. The van der Waals surface area contributed by atoms with E-state index in [9.17, 15) is 38.4 Å². The molecular weight excluding hydrogens is 1540 g/mol. The second kappa shape index (κ2) is 38.4. The summed E-state index contributed by atoms with van der Waals surface area (Å²) in [5, 5.41) is 29.3. The van der Waals surface area contributed by atoms with Crippen molar-refractivity contribution in [1.29, 1.82) is 0 Å². The summed E-state index contributed by atoms with van der Waals surface area (Å²) < 4.78 is 34.1. The highest BCUT2D eigenvalue weighted by atomic mass is 79.9. The summed E-state index contributed by atoms with van der Waals surface area (Å²) in [5.74, 6) is 0.634. The number of carbonyl (C=O) groups excluding carboxylic acids is 7. The van der Waals surface area contributed by atoms with Crippen LogP contribution >= 0.6 is 28.3 Å². The van der Waals surface area contributed by atoms with E-state index >= 15 is 0 Å². The number of aromatic carboxylic acids is 1. The molecule has 2 aromatic carbocycles. The van der Waals surface area contributed by atoms with Crippen LogP contribution in [-0.4, -0.2) is 191 Å². The number of ether oxygens (including phenoxy) is 6. The Morgan fingerprint density at radius 3 is 1.20 bits per heavy atom. The fourth-order valence-corrected chi connectivity index (χ4v) is 10.8. The van der Waals surface area contributed by atoms with E-state index in [-0.39, 0.29) is 55.0 Å². The fourth-order valence-electron chi connectivity index (χ4n) is 10.5. The highest BCUT2D eigenvalue weighted by Crippen LogP contribution is 2.37. The normalized spacial score (nSPS) is 18.5. The summed E-state index contributed by atoms with van der Waals surface area (Å²) in [6.45, 7) is 38.3. The monoisotopic (exact) mass is 1620 g/mol. The molecule has 4 aliphatic rings. The minimum absolute atomic E-state index is 0. The number of fused-ring (bicyclic) bond motifs is 4. The third-order valence-electron chi connectivity index (χ3n) is 16.0. The van der Waals surface area contributed by atoms with Crippen LogP contribution in [0.15, 0.2) is 114 Å². The molecule has 7 amide bonds. The Labute approximate surface area is 659 Å². The van der Waals surface area contributed by atoms with Gasteiger partial charge in [0.25, 0.3) is 29.5 Å². The number of anilines is 4. The van der Waals surface area contributed by atoms with E-state index in [1.165, 1.54) is 64.4 Å². The molecule has 0 fully saturated rings. The zero-order chi connectivity index (χ0) is 80.6. The van der Waals surface area contributed by atoms with Crippen molar-refractivity contribution in [3.05, 3.63) is 183 Å². The lowest BCUT2D eigenvalue weighted by Gasteiger charge is -2.26. The van der Waals surface area contributed by atoms with E-state index < -0.39 is 89.8 Å². The average molecular weight is 1620 g/mol. The molecule has 0 saturated heterocycles. The molecule has 0 unspecified atom stereocenters. The van der Waals surface area contributed by atoms with Gasteiger partial charge in [-0.1, -0.05) is 68.1 Å². The highest BCUT2D eigenvalue weighted by Gasteiger charge is 2.41. The Balaban J connectivity index is 0.000000222. The number of carboxylic acid groups (broad SMARTS) is 1. The van der Waals surface area contributed by atoms with Gasteiger partial charge in [0, 0.05) is 70.3 Å². The van der Waals surface area contributed by atoms with Crippen molar-refractivity contribution < 1.29 is 71.9 Å². The van der Waals surface area contributed by atoms with Gasteiger partial charge in [0.1, 0.15) is 71.4 Å². The number of aromatic amines is 2. The van der Waals surface area contributed by atoms with Crippen molar-refractivity contribution in [1.82, 2.24) is 66.2 Å². The minimum atomic E-state index is -1.12. The summed E-state index contributed by atoms with van der Waals surface area (Å²) in [4.78, 5) is 137. The molecule has 112 heavy (non-hydrogen) atoms. The van der Waals surface area contributed by atoms with E-state index in [0.717, 1.165) is 15.6 Å². The molecule has 0 bridgehead atoms. The van der Waals surface area contributed by atoms with Crippen molar-refractivity contribution in [2.45, 2.75) is 149 Å². The van der Waals surface area contributed by atoms with Crippen LogP contribution in [0.1, 0.15) is 121 Å². The van der Waals surface area contributed by atoms with Gasteiger partial charge >= 0.3 is 18.2 Å². The van der Waals surface area contributed by atoms with E-state index in [0.29, 0.717) is 82.0 Å². The van der Waals surface area contributed by atoms with Crippen molar-refractivity contribution in [3.63, 3.8) is 0 Å². The van der Waals surface area contributed by atoms with E-state index in [1.54, 1.807) is 102 Å². The van der Waals surface area contributed by atoms with Crippen LogP contribution in [0.2, 0.25) is 0 Å². The number of benzene rings is 2. The zero-order valence-corrected chi connectivity index (χ0v) is 65.1. The largest absolute Gasteiger partial charge is 0.486 e. The number of carbonyl (C=O) groups is 8. The topological polar surface area (TPSA) is 435 Å². The summed E-state index contributed by atoms with van der Waals surface area (Å²) in [6.07, 6.45) is 3.02. The Kier molecular flexibility index (Phi) is 30.2. The molecule has 0 radical (unpaired) electrons. The van der Waals surface area contributed by atoms with Crippen LogP contribution < -0.4 is 60.2 Å². The van der Waals surface area contributed by atoms with E-state index in [4.69, 9.17) is 59.0 Å². The molecule has 8 atom stereocenters. The number of pyridine rings is 4. The summed E-state index contributed by atoms with van der Waals surface area (Å²) in [5.41, 5.74) is 7.48. The molecule has 0 saturated carbocycles. The number of amides is 7. The lowest BCUT2D eigenvalue weighted by atomic mass is 10.1. The molecule has 0 spiro atoms. The van der Waals surface area contributed by atoms with Gasteiger partial charge in [0.05, 0.1) is 19.7 Å². The number of carboxylic acids is 1. The van der Waals surface area contributed by atoms with Gasteiger partial charge in [-0.15, -0.1) is 22.6 Å². The predicted molar refractivity (Wildman–Crippen MR) is 415 cm³/mol. The Morgan fingerprint density at radius 2 is 0.848 bits per heavy atom. The smallest absolute Gasteiger partial charge is 0.408 e. The molecular formula is C74H85BrClN21O15. The summed E-state index contributed by atoms with van der Waals surface area (Å²) in [7, 11) is 6.26. The Morgan fingerprint density at radius 1 is 0.527 bits per heavy atom. The molecule has 12 rings (SSSR count). The summed E-state index contributed by atoms with van der Waals surface area (Å²) >= 11 is 3.32. The molecule has 590 valence electrons. The minimum Gasteiger partial charge on any atom is -0.486 e. The molecule has 0 aliphatic carbocycles. The lowest BCUT2D eigenvalue weighted by Crippen LogP contribution is -2.54. The number of rotatable bonds is 9. The maximum atomic E-state index is 13.0. The first-order chi connectivity index (χ1) is 52.0. The first kappa shape index (κ1) is 88.0. The van der Waals surface area contributed by atoms with Gasteiger partial charge in [-0.2, -0.15) is 0 Å². The third-order valence-corrected chi connectivity index (χ3v) is 16.4. The third kappa shape index (κ3) is 23.1. The van der Waals surface area contributed by atoms with Crippen LogP contribution in [0.5, 0.6) is 23.0 Å². The quantitative estimate of drug-likeness (QED) is 0.0661. The fraction of sp³-hybridized carbons (Fsp3) is 0.365. The molecule has 4 aliphatic heterocycles. The number of H-pyrrole nitrogens is 2. The van der Waals surface area contributed by atoms with Gasteiger partial charge < -0.3 is 55.2 Å². The number of halogens is 2. The van der Waals surface area contributed by atoms with E-state index in [1.807, 2.05) is 60.7 Å². The SMILES string of the molecule is C.C[C@H]1Oc2cc(Br)cnc2N(C)C(=O)[C@H]1NC(=O)OC(C)(C)C.Cl.O=C(O)c1n[nH]c(Cc2ccccc2)n1.[C-]#[N+]c1cnc2c(c1)O[C@H](C)[C@H](N)C(=O)N2C.[C-]#[N+]c1cnc2c(c1)O[C@H](C)[C@H](NC(=O)OC(C)(C)C)C(=O)N2C.[C-]#[N+]c1cnc2c(c1)O[C@H](C)[C@H](NC(=O)c1n[nH]c(Cc3ccccc3)n1)C(=O)N2C. The number of nitrogens with one attached hydrogen (secondary N) is 5. The van der Waals surface area contributed by atoms with Crippen LogP contribution in [0, 0.1) is 19.7 Å². The van der Waals surface area contributed by atoms with Gasteiger partial charge in [-0.25, -0.2) is 58.8 Å². The van der Waals surface area contributed by atoms with Crippen molar-refractivity contribution in [3.8, 4) is 23.0 Å². The maximum Gasteiger partial charge on any atom is 0.408 e. The van der Waals surface area contributed by atoms with Gasteiger partial charge in [-0.3, -0.25) is 53.8 Å². The maximum absolute atomic E-state index is 13.0. The number of hydrogen-bond donors (Lipinski definition) is 7. The lowest BCUT2D eigenvalue weighted by molar-refractivity contribution is -0.122. The van der Waals surface area contributed by atoms with Gasteiger partial charge in [-0.05, 0) is 121 Å². The first-order valence-corrected chi connectivity index (χ1v) is 34.5. The molecule has 38 heteroatoms. The molecule has 8 aromatic rings. The average Bonchev–Trinajstić information content (AvgIpc) is 1.66. The Bertz CT molecular complexity index is 4850. The van der Waals surface area contributed by atoms with Crippen LogP contribution in [0.25, 0.3) is 14.5 Å². The van der Waals surface area contributed by atoms with Crippen LogP contribution in [0.4, 0.5) is 49.9 Å². The second-order valence-corrected chi connectivity index (χ2v) is 27.7. The number of likely N-dealkylation sites (N-methyl/N-ethyl adjacent to an activating group) is 4. The van der Waals surface area contributed by atoms with Crippen LogP contribution in [-0.2, 0) is 41.5 Å². The number of aromatic nitrogens is 10. The van der Waals surface area contributed by atoms with Gasteiger partial charge in [0.15, 0.2) is 46.3 Å². The zero-order valence-electron chi connectivity index (χ0n) is 62.7. The van der Waals surface area contributed by atoms with Crippen LogP contribution in [0.3, 0.4) is 0 Å². The molecule has 36 nitrogen and oxygen atoms in total. The van der Waals surface area contributed by atoms with Crippen molar-refractivity contribution in [2.24, 2.45) is 5.73 Å². The summed E-state index contributed by atoms with van der Waals surface area (Å²) in [6, 6.07) is 22.1. The standard InChI is InChI=1S/C21H19N7O3.C16H20N4O4.C15H20BrN3O4.C11H12N4O2.C10H9N3O2.CH4.ClH/c1-12-17(21(30)28(3)19-15(31-12)10-14(22-2)11-23-19)25-20(29)18-24-16(26-27-18)9-13-7-5-4-6-8-13;1-9-12(19-15(22)24-16(2,3)4)14(21)20(6)13-11(23-9)7-10(17-5)8-18-13;1-8-11(18-14(21)23-15(2,3)4)13(20)19(5)12-10(22-8)6-9(16)7-17-12;1-6-9(12)11(16)15(3)10-8(17-6)4-7(13-2)5-14-10;14-10(15)9-11-8(12-13-9)6-7-4-2-1-3-5-7;;/h4-8,10-12,17H,9H2,1,3H3,(H,25,29)(H,24,26,27);7-9,12H,1-4,6H3,(H,19,22);6-8,11H,1-5H3,(H,18,21);4-6,9H,12H2,1,3H3;1-5H,6H2,(H,14,15)(H,11,12,13);1H4;1H/t12-,17+;9-,12+;8-,11+;6-,9+;;;/m1111.../s1. The second-order valence-electron chi connectivity index (χ2n) is 26.8. The number of hydrogen-bond acceptors (Lipinski definition) is 23. The van der Waals surface area contributed by atoms with Crippen molar-refractivity contribution >= 4 is 116 Å². The molecule has 8 N–H and O–H groups in total. The molecule has 10 heterocycles. The molecule has 6 aromatic heterocycles. The number of nitrogens with zero attached hydrogens (tertiary/aromatic N) is 15. The van der Waals surface area contributed by atoms with Crippen molar-refractivity contribution in [2.75, 3.05) is 47.8 Å².